The van der Waals surface area contributed by atoms with Crippen LogP contribution in [0.3, 0.4) is 0 Å². The number of carbonyl (C=O) groups is 1. The zero-order valence-electron chi connectivity index (χ0n) is 19.2. The maximum absolute atomic E-state index is 13.2. The maximum atomic E-state index is 13.2. The van der Waals surface area contributed by atoms with E-state index < -0.39 is 45.8 Å². The van der Waals surface area contributed by atoms with Crippen LogP contribution in [-0.2, 0) is 11.0 Å². The highest BCUT2D eigenvalue weighted by atomic mass is 35.5. The van der Waals surface area contributed by atoms with Crippen LogP contribution >= 0.6 is 11.6 Å². The van der Waals surface area contributed by atoms with Crippen molar-refractivity contribution in [2.24, 2.45) is 0 Å². The molecule has 0 unspecified atom stereocenters. The molecule has 0 aliphatic carbocycles. The summed E-state index contributed by atoms with van der Waals surface area (Å²) in [4.78, 5) is 31.9. The van der Waals surface area contributed by atoms with Gasteiger partial charge in [-0.2, -0.15) is 13.2 Å². The molecule has 0 spiro atoms. The topological polar surface area (TPSA) is 122 Å². The number of halogens is 4. The van der Waals surface area contributed by atoms with Gasteiger partial charge in [0.1, 0.15) is 6.33 Å². The molecule has 0 bridgehead atoms. The number of hydrogen-bond acceptors (Lipinski definition) is 7. The fraction of sp³-hybridized carbons (Fsp3) is 0.0800. The number of hydrazine groups is 1. The lowest BCUT2D eigenvalue weighted by Crippen LogP contribution is -2.35. The molecule has 0 saturated heterocycles. The third-order valence-electron chi connectivity index (χ3n) is 5.38. The maximum Gasteiger partial charge on any atom is 0.416 e. The Balaban J connectivity index is 1.62. The molecule has 4 aromatic rings. The van der Waals surface area contributed by atoms with E-state index in [0.29, 0.717) is 17.2 Å². The first-order valence-corrected chi connectivity index (χ1v) is 11.3. The van der Waals surface area contributed by atoms with Gasteiger partial charge in [-0.3, -0.25) is 25.8 Å². The van der Waals surface area contributed by atoms with E-state index in [1.54, 1.807) is 60.7 Å². The van der Waals surface area contributed by atoms with Gasteiger partial charge >= 0.3 is 11.9 Å². The van der Waals surface area contributed by atoms with Crippen LogP contribution in [0, 0.1) is 10.1 Å². The van der Waals surface area contributed by atoms with Gasteiger partial charge in [-0.05, 0) is 29.3 Å². The number of hydrogen-bond donors (Lipinski definition) is 3. The molecular weight excluding hydrogens is 525 g/mol. The van der Waals surface area contributed by atoms with Crippen LogP contribution in [0.4, 0.5) is 36.2 Å². The van der Waals surface area contributed by atoms with Crippen molar-refractivity contribution in [3.8, 4) is 0 Å². The fourth-order valence-corrected chi connectivity index (χ4v) is 3.80. The molecule has 3 N–H and O–H groups in total. The number of anilines is 3. The second-order valence-corrected chi connectivity index (χ2v) is 8.27. The van der Waals surface area contributed by atoms with Gasteiger partial charge in [0, 0.05) is 0 Å². The number of benzene rings is 3. The van der Waals surface area contributed by atoms with Crippen LogP contribution in [0.5, 0.6) is 0 Å². The Morgan fingerprint density at radius 2 is 1.50 bits per heavy atom. The molecule has 4 rings (SSSR count). The Morgan fingerprint density at radius 1 is 0.921 bits per heavy atom. The summed E-state index contributed by atoms with van der Waals surface area (Å²) in [6, 6.07) is 20.3. The van der Waals surface area contributed by atoms with Crippen LogP contribution in [0.2, 0.25) is 5.02 Å². The average Bonchev–Trinajstić information content (AvgIpc) is 2.89. The quantitative estimate of drug-likeness (QED) is 0.182. The van der Waals surface area contributed by atoms with Gasteiger partial charge in [-0.25, -0.2) is 9.97 Å². The van der Waals surface area contributed by atoms with Gasteiger partial charge < -0.3 is 5.32 Å². The van der Waals surface area contributed by atoms with E-state index in [1.165, 1.54) is 0 Å². The third-order valence-corrected chi connectivity index (χ3v) is 5.71. The first kappa shape index (κ1) is 26.4. The monoisotopic (exact) mass is 542 g/mol. The van der Waals surface area contributed by atoms with E-state index in [4.69, 9.17) is 11.6 Å². The molecule has 1 amide bonds. The van der Waals surface area contributed by atoms with Crippen molar-refractivity contribution >= 4 is 40.5 Å². The lowest BCUT2D eigenvalue weighted by molar-refractivity contribution is -0.383. The van der Waals surface area contributed by atoms with E-state index in [9.17, 15) is 28.1 Å². The third kappa shape index (κ3) is 5.98. The highest BCUT2D eigenvalue weighted by molar-refractivity contribution is 6.33. The zero-order chi connectivity index (χ0) is 27.3. The average molecular weight is 543 g/mol. The molecule has 38 heavy (non-hydrogen) atoms. The fourth-order valence-electron chi connectivity index (χ4n) is 3.64. The largest absolute Gasteiger partial charge is 0.416 e. The van der Waals surface area contributed by atoms with Crippen molar-refractivity contribution in [3.63, 3.8) is 0 Å². The number of nitrogens with one attached hydrogen (secondary N) is 3. The minimum atomic E-state index is -4.66. The summed E-state index contributed by atoms with van der Waals surface area (Å²) in [5.41, 5.74) is 4.24. The van der Waals surface area contributed by atoms with Gasteiger partial charge in [-0.1, -0.05) is 72.3 Å². The smallest absolute Gasteiger partial charge is 0.333 e. The summed E-state index contributed by atoms with van der Waals surface area (Å²) in [7, 11) is 0. The lowest BCUT2D eigenvalue weighted by atomic mass is 9.91. The van der Waals surface area contributed by atoms with E-state index in [0.717, 1.165) is 18.5 Å². The SMILES string of the molecule is O=C(NNc1ncnc(Nc2cc(C(F)(F)F)ccc2Cl)c1[N+](=O)[O-])C(c1ccccc1)c1ccccc1. The van der Waals surface area contributed by atoms with Crippen molar-refractivity contribution in [1.29, 1.82) is 0 Å². The van der Waals surface area contributed by atoms with Crippen LogP contribution in [0.15, 0.2) is 85.2 Å². The molecule has 13 heteroatoms. The second-order valence-electron chi connectivity index (χ2n) is 7.86. The molecular formula is C25H18ClF3N6O3. The van der Waals surface area contributed by atoms with Crippen LogP contribution in [0.1, 0.15) is 22.6 Å². The molecule has 0 fully saturated rings. The van der Waals surface area contributed by atoms with E-state index >= 15 is 0 Å². The predicted molar refractivity (Wildman–Crippen MR) is 135 cm³/mol. The first-order valence-electron chi connectivity index (χ1n) is 10.9. The number of amides is 1. The van der Waals surface area contributed by atoms with Crippen molar-refractivity contribution in [2.45, 2.75) is 12.1 Å². The van der Waals surface area contributed by atoms with Gasteiger partial charge in [0.15, 0.2) is 0 Å². The van der Waals surface area contributed by atoms with Crippen LogP contribution in [0.25, 0.3) is 0 Å². The Hall–Kier alpha value is -4.71. The number of nitro groups is 1. The number of aromatic nitrogens is 2. The summed E-state index contributed by atoms with van der Waals surface area (Å²) in [6.07, 6.45) is -3.72. The lowest BCUT2D eigenvalue weighted by Gasteiger charge is -2.18. The van der Waals surface area contributed by atoms with E-state index in [1.807, 2.05) is 0 Å². The van der Waals surface area contributed by atoms with Gasteiger partial charge in [-0.15, -0.1) is 0 Å². The summed E-state index contributed by atoms with van der Waals surface area (Å²) < 4.78 is 39.4. The number of rotatable bonds is 8. The second kappa shape index (κ2) is 11.1. The number of nitrogens with zero attached hydrogens (tertiary/aromatic N) is 3. The van der Waals surface area contributed by atoms with Gasteiger partial charge in [0.25, 0.3) is 0 Å². The van der Waals surface area contributed by atoms with Gasteiger partial charge in [0.05, 0.1) is 27.1 Å². The standard InChI is InChI=1S/C25H18ClF3N6O3/c26-18-12-11-17(25(27,28)29)13-19(18)32-22-21(35(37)38)23(31-14-30-22)33-34-24(36)20(15-7-3-1-4-8-15)16-9-5-2-6-10-16/h1-14,20H,(H,34,36)(H2,30,31,32,33). The first-order chi connectivity index (χ1) is 18.1. The predicted octanol–water partition coefficient (Wildman–Crippen LogP) is 6.08. The van der Waals surface area contributed by atoms with Crippen molar-refractivity contribution < 1.29 is 22.9 Å². The molecule has 3 aromatic carbocycles. The Morgan fingerprint density at radius 3 is 2.05 bits per heavy atom. The van der Waals surface area contributed by atoms with Crippen LogP contribution < -0.4 is 16.2 Å². The molecule has 0 radical (unpaired) electrons. The summed E-state index contributed by atoms with van der Waals surface area (Å²) in [5, 5.41) is 14.2. The van der Waals surface area contributed by atoms with Crippen LogP contribution in [-0.4, -0.2) is 20.8 Å². The van der Waals surface area contributed by atoms with Crippen molar-refractivity contribution in [2.75, 3.05) is 10.7 Å². The number of alkyl halides is 3. The summed E-state index contributed by atoms with van der Waals surface area (Å²) in [5.74, 6) is -2.13. The minimum absolute atomic E-state index is 0.123. The van der Waals surface area contributed by atoms with Crippen molar-refractivity contribution in [1.82, 2.24) is 15.4 Å². The minimum Gasteiger partial charge on any atom is -0.333 e. The van der Waals surface area contributed by atoms with E-state index in [2.05, 4.69) is 26.1 Å². The highest BCUT2D eigenvalue weighted by Crippen LogP contribution is 2.37. The van der Waals surface area contributed by atoms with E-state index in [-0.39, 0.29) is 10.7 Å². The highest BCUT2D eigenvalue weighted by Gasteiger charge is 2.32. The normalized spacial score (nSPS) is 11.2. The Kier molecular flexibility index (Phi) is 7.72. The molecule has 0 atom stereocenters. The Bertz CT molecular complexity index is 1420. The summed E-state index contributed by atoms with van der Waals surface area (Å²) >= 11 is 6.01. The molecule has 1 aromatic heterocycles. The van der Waals surface area contributed by atoms with Gasteiger partial charge in [0.2, 0.25) is 17.5 Å². The molecule has 1 heterocycles. The summed E-state index contributed by atoms with van der Waals surface area (Å²) in [6.45, 7) is 0. The molecule has 0 aliphatic heterocycles. The number of carbonyl (C=O) groups excluding carboxylic acids is 1. The Labute approximate surface area is 218 Å². The van der Waals surface area contributed by atoms with Crippen molar-refractivity contribution in [3.05, 3.63) is 117 Å². The molecule has 0 aliphatic rings. The molecule has 0 saturated carbocycles. The molecule has 9 nitrogen and oxygen atoms in total. The molecule has 194 valence electrons. The zero-order valence-corrected chi connectivity index (χ0v) is 20.0.